The van der Waals surface area contributed by atoms with Gasteiger partial charge in [-0.3, -0.25) is 4.79 Å². The first kappa shape index (κ1) is 17.8. The molecule has 1 heterocycles. The van der Waals surface area contributed by atoms with Crippen molar-refractivity contribution in [3.63, 3.8) is 0 Å². The van der Waals surface area contributed by atoms with Crippen molar-refractivity contribution in [1.29, 1.82) is 0 Å². The summed E-state index contributed by atoms with van der Waals surface area (Å²) in [5.41, 5.74) is -0.661. The van der Waals surface area contributed by atoms with E-state index in [9.17, 15) is 18.0 Å². The fourth-order valence-electron chi connectivity index (χ4n) is 1.97. The number of nitrogens with one attached hydrogen (secondary N) is 1. The summed E-state index contributed by atoms with van der Waals surface area (Å²) in [5.74, 6) is -0.350. The second kappa shape index (κ2) is 7.35. The normalized spacial score (nSPS) is 11.4. The van der Waals surface area contributed by atoms with Crippen LogP contribution in [0.1, 0.15) is 16.1 Å². The Bertz CT molecular complexity index is 713. The van der Waals surface area contributed by atoms with Crippen LogP contribution < -0.4 is 10.1 Å². The van der Waals surface area contributed by atoms with Gasteiger partial charge >= 0.3 is 6.18 Å². The van der Waals surface area contributed by atoms with Crippen LogP contribution in [0.5, 0.6) is 5.75 Å². The van der Waals surface area contributed by atoms with Gasteiger partial charge < -0.3 is 14.8 Å². The molecule has 1 N–H and O–H groups in total. The highest BCUT2D eigenvalue weighted by molar-refractivity contribution is 5.94. The number of amides is 1. The molecule has 0 saturated carbocycles. The Kier molecular flexibility index (Phi) is 5.45. The van der Waals surface area contributed by atoms with E-state index in [4.69, 9.17) is 9.47 Å². The summed E-state index contributed by atoms with van der Waals surface area (Å²) in [6.45, 7) is 0.595. The number of halogens is 3. The zero-order valence-electron chi connectivity index (χ0n) is 13.1. The highest BCUT2D eigenvalue weighted by Gasteiger charge is 2.30. The molecule has 0 aliphatic heterocycles. The Labute approximate surface area is 136 Å². The fourth-order valence-corrected chi connectivity index (χ4v) is 1.97. The number of nitrogens with zero attached hydrogens (tertiary/aromatic N) is 2. The van der Waals surface area contributed by atoms with Crippen LogP contribution in [0.4, 0.5) is 13.2 Å². The van der Waals surface area contributed by atoms with Crippen molar-refractivity contribution in [3.8, 4) is 11.4 Å². The minimum atomic E-state index is -4.46. The van der Waals surface area contributed by atoms with Crippen LogP contribution in [0.25, 0.3) is 5.69 Å². The minimum absolute atomic E-state index is 0.0222. The van der Waals surface area contributed by atoms with Crippen molar-refractivity contribution in [2.24, 2.45) is 0 Å². The lowest BCUT2D eigenvalue weighted by Crippen LogP contribution is -2.27. The largest absolute Gasteiger partial charge is 0.493 e. The van der Waals surface area contributed by atoms with Crippen molar-refractivity contribution in [1.82, 2.24) is 15.1 Å². The van der Waals surface area contributed by atoms with E-state index in [2.05, 4.69) is 10.4 Å². The van der Waals surface area contributed by atoms with Crippen molar-refractivity contribution >= 4 is 5.91 Å². The molecule has 130 valence electrons. The van der Waals surface area contributed by atoms with Crippen LogP contribution in [0, 0.1) is 0 Å². The molecule has 0 aliphatic carbocycles. The van der Waals surface area contributed by atoms with Gasteiger partial charge in [-0.1, -0.05) is 6.07 Å². The van der Waals surface area contributed by atoms with Crippen LogP contribution in [0.15, 0.2) is 30.5 Å². The van der Waals surface area contributed by atoms with Gasteiger partial charge in [0.1, 0.15) is 0 Å². The molecule has 24 heavy (non-hydrogen) atoms. The average Bonchev–Trinajstić information content (AvgIpc) is 2.99. The van der Waals surface area contributed by atoms with E-state index in [1.165, 1.54) is 37.2 Å². The van der Waals surface area contributed by atoms with Crippen molar-refractivity contribution in [2.75, 3.05) is 27.4 Å². The van der Waals surface area contributed by atoms with E-state index in [1.54, 1.807) is 0 Å². The Morgan fingerprint density at radius 2 is 2.08 bits per heavy atom. The number of carbonyl (C=O) groups excluding carboxylic acids is 1. The lowest BCUT2D eigenvalue weighted by Gasteiger charge is -2.08. The third kappa shape index (κ3) is 4.05. The van der Waals surface area contributed by atoms with E-state index in [0.717, 1.165) is 12.1 Å². The predicted molar refractivity (Wildman–Crippen MR) is 79.3 cm³/mol. The Morgan fingerprint density at radius 1 is 1.33 bits per heavy atom. The molecule has 0 aliphatic rings. The van der Waals surface area contributed by atoms with Crippen molar-refractivity contribution in [2.45, 2.75) is 6.18 Å². The molecule has 2 aromatic rings. The third-order valence-corrected chi connectivity index (χ3v) is 3.15. The predicted octanol–water partition coefficient (Wildman–Crippen LogP) is 2.28. The monoisotopic (exact) mass is 343 g/mol. The second-order valence-electron chi connectivity index (χ2n) is 4.79. The number of benzene rings is 1. The highest BCUT2D eigenvalue weighted by Crippen LogP contribution is 2.30. The lowest BCUT2D eigenvalue weighted by atomic mass is 10.2. The summed E-state index contributed by atoms with van der Waals surface area (Å²) < 4.78 is 49.5. The maximum atomic E-state index is 12.8. The number of ether oxygens (including phenoxy) is 2. The first-order valence-corrected chi connectivity index (χ1v) is 6.95. The fraction of sp³-hybridized carbons (Fsp3) is 0.333. The molecule has 0 fully saturated rings. The van der Waals surface area contributed by atoms with Gasteiger partial charge in [0.05, 0.1) is 31.2 Å². The molecule has 0 radical (unpaired) electrons. The number of rotatable bonds is 6. The number of carbonyl (C=O) groups is 1. The Morgan fingerprint density at radius 3 is 2.71 bits per heavy atom. The van der Waals surface area contributed by atoms with Crippen molar-refractivity contribution in [3.05, 3.63) is 41.7 Å². The van der Waals surface area contributed by atoms with Gasteiger partial charge in [0.15, 0.2) is 11.4 Å². The van der Waals surface area contributed by atoms with Gasteiger partial charge in [-0.2, -0.15) is 18.3 Å². The first-order valence-electron chi connectivity index (χ1n) is 6.95. The zero-order chi connectivity index (χ0) is 17.7. The summed E-state index contributed by atoms with van der Waals surface area (Å²) >= 11 is 0. The number of alkyl halides is 3. The van der Waals surface area contributed by atoms with Crippen molar-refractivity contribution < 1.29 is 27.4 Å². The zero-order valence-corrected chi connectivity index (χ0v) is 13.1. The van der Waals surface area contributed by atoms with E-state index < -0.39 is 17.6 Å². The van der Waals surface area contributed by atoms with E-state index in [0.29, 0.717) is 6.61 Å². The minimum Gasteiger partial charge on any atom is -0.493 e. The molecule has 0 atom stereocenters. The smallest absolute Gasteiger partial charge is 0.416 e. The van der Waals surface area contributed by atoms with Crippen LogP contribution >= 0.6 is 0 Å². The standard InChI is InChI=1S/C15H16F3N3O3/c1-23-7-6-19-14(22)13-12(24-2)9-21(20-13)11-5-3-4-10(8-11)15(16,17)18/h3-5,8-9H,6-7H2,1-2H3,(H,19,22). The van der Waals surface area contributed by atoms with Gasteiger partial charge in [-0.15, -0.1) is 0 Å². The molecule has 0 bridgehead atoms. The molecule has 1 aromatic heterocycles. The lowest BCUT2D eigenvalue weighted by molar-refractivity contribution is -0.137. The summed E-state index contributed by atoms with van der Waals surface area (Å²) in [4.78, 5) is 12.1. The number of aromatic nitrogens is 2. The molecule has 0 saturated heterocycles. The highest BCUT2D eigenvalue weighted by atomic mass is 19.4. The van der Waals surface area contributed by atoms with Gasteiger partial charge in [0.25, 0.3) is 5.91 Å². The van der Waals surface area contributed by atoms with Gasteiger partial charge in [-0.05, 0) is 18.2 Å². The molecule has 1 amide bonds. The summed E-state index contributed by atoms with van der Waals surface area (Å²) in [6.07, 6.45) is -3.12. The molecular weight excluding hydrogens is 327 g/mol. The van der Waals surface area contributed by atoms with E-state index >= 15 is 0 Å². The number of hydrogen-bond acceptors (Lipinski definition) is 4. The third-order valence-electron chi connectivity index (χ3n) is 3.15. The molecule has 9 heteroatoms. The topological polar surface area (TPSA) is 65.4 Å². The van der Waals surface area contributed by atoms with E-state index in [-0.39, 0.29) is 23.7 Å². The quantitative estimate of drug-likeness (QED) is 0.818. The summed E-state index contributed by atoms with van der Waals surface area (Å²) in [6, 6.07) is 4.63. The summed E-state index contributed by atoms with van der Waals surface area (Å²) in [7, 11) is 2.84. The van der Waals surface area contributed by atoms with Crippen LogP contribution in [-0.4, -0.2) is 43.1 Å². The number of methoxy groups -OCH3 is 2. The van der Waals surface area contributed by atoms with Gasteiger partial charge in [-0.25, -0.2) is 4.68 Å². The van der Waals surface area contributed by atoms with Crippen LogP contribution in [-0.2, 0) is 10.9 Å². The molecular formula is C15H16F3N3O3. The number of hydrogen-bond donors (Lipinski definition) is 1. The average molecular weight is 343 g/mol. The second-order valence-corrected chi connectivity index (χ2v) is 4.79. The van der Waals surface area contributed by atoms with Gasteiger partial charge in [0.2, 0.25) is 0 Å². The molecule has 0 unspecified atom stereocenters. The van der Waals surface area contributed by atoms with E-state index in [1.807, 2.05) is 0 Å². The summed E-state index contributed by atoms with van der Waals surface area (Å²) in [5, 5.41) is 6.60. The molecule has 2 rings (SSSR count). The van der Waals surface area contributed by atoms with Crippen LogP contribution in [0.2, 0.25) is 0 Å². The first-order chi connectivity index (χ1) is 11.4. The van der Waals surface area contributed by atoms with Crippen LogP contribution in [0.3, 0.4) is 0 Å². The molecule has 6 nitrogen and oxygen atoms in total. The SMILES string of the molecule is COCCNC(=O)c1nn(-c2cccc(C(F)(F)F)c2)cc1OC. The molecule has 0 spiro atoms. The van der Waals surface area contributed by atoms with Gasteiger partial charge in [0, 0.05) is 13.7 Å². The maximum Gasteiger partial charge on any atom is 0.416 e. The Balaban J connectivity index is 2.31. The molecule has 1 aromatic carbocycles. The maximum absolute atomic E-state index is 12.8. The Hall–Kier alpha value is -2.55.